The van der Waals surface area contributed by atoms with Crippen LogP contribution < -0.4 is 5.32 Å². The number of rotatable bonds is 3. The highest BCUT2D eigenvalue weighted by atomic mass is 35.5. The lowest BCUT2D eigenvalue weighted by molar-refractivity contribution is -0.133. The van der Waals surface area contributed by atoms with Crippen molar-refractivity contribution in [2.24, 2.45) is 5.92 Å². The van der Waals surface area contributed by atoms with Crippen LogP contribution in [0.3, 0.4) is 0 Å². The summed E-state index contributed by atoms with van der Waals surface area (Å²) in [5.41, 5.74) is 1.20. The monoisotopic (exact) mass is 278 g/mol. The van der Waals surface area contributed by atoms with Crippen molar-refractivity contribution in [3.8, 4) is 0 Å². The number of carbonyl (C=O) groups is 1. The molecule has 1 aromatic carbocycles. The van der Waals surface area contributed by atoms with Gasteiger partial charge in [0.15, 0.2) is 0 Å². The van der Waals surface area contributed by atoms with Gasteiger partial charge in [0.1, 0.15) is 0 Å². The fourth-order valence-electron chi connectivity index (χ4n) is 2.99. The molecule has 1 aromatic rings. The van der Waals surface area contributed by atoms with E-state index < -0.39 is 0 Å². The lowest BCUT2D eigenvalue weighted by Crippen LogP contribution is -2.39. The Labute approximate surface area is 118 Å². The van der Waals surface area contributed by atoms with Gasteiger partial charge in [-0.15, -0.1) is 0 Å². The third kappa shape index (κ3) is 2.63. The van der Waals surface area contributed by atoms with Crippen LogP contribution in [0, 0.1) is 5.92 Å². The Hall–Kier alpha value is -1.06. The van der Waals surface area contributed by atoms with E-state index in [1.807, 2.05) is 30.1 Å². The number of likely N-dealkylation sites (N-methyl/N-ethyl adjacent to an activating group) is 1. The third-order valence-corrected chi connectivity index (χ3v) is 4.55. The maximum absolute atomic E-state index is 12.4. The average Bonchev–Trinajstić information content (AvgIpc) is 3.02. The van der Waals surface area contributed by atoms with E-state index in [0.717, 1.165) is 31.0 Å². The van der Waals surface area contributed by atoms with Crippen molar-refractivity contribution in [1.29, 1.82) is 0 Å². The number of hydrogen-bond donors (Lipinski definition) is 1. The first-order valence-corrected chi connectivity index (χ1v) is 7.27. The molecule has 1 saturated heterocycles. The molecule has 3 atom stereocenters. The van der Waals surface area contributed by atoms with Crippen molar-refractivity contribution < 1.29 is 4.79 Å². The molecule has 3 unspecified atom stereocenters. The van der Waals surface area contributed by atoms with E-state index in [1.54, 1.807) is 0 Å². The second kappa shape index (κ2) is 5.14. The standard InChI is InChI=1S/C15H19ClN2O/c1-18(12-5-6-17-9-12)15(19)14-8-13(14)10-3-2-4-11(16)7-10/h2-4,7,12-14,17H,5-6,8-9H2,1H3. The van der Waals surface area contributed by atoms with Crippen LogP contribution in [0.15, 0.2) is 24.3 Å². The van der Waals surface area contributed by atoms with Crippen molar-refractivity contribution in [2.75, 3.05) is 20.1 Å². The number of nitrogens with zero attached hydrogens (tertiary/aromatic N) is 1. The second-order valence-electron chi connectivity index (χ2n) is 5.60. The minimum Gasteiger partial charge on any atom is -0.341 e. The first-order valence-electron chi connectivity index (χ1n) is 6.89. The van der Waals surface area contributed by atoms with E-state index >= 15 is 0 Å². The second-order valence-corrected chi connectivity index (χ2v) is 6.04. The molecule has 0 radical (unpaired) electrons. The van der Waals surface area contributed by atoms with Crippen LogP contribution in [0.2, 0.25) is 5.02 Å². The van der Waals surface area contributed by atoms with E-state index in [0.29, 0.717) is 17.9 Å². The van der Waals surface area contributed by atoms with Gasteiger partial charge in [-0.3, -0.25) is 4.79 Å². The molecule has 1 heterocycles. The van der Waals surface area contributed by atoms with Gasteiger partial charge in [-0.05, 0) is 43.0 Å². The van der Waals surface area contributed by atoms with Crippen molar-refractivity contribution in [1.82, 2.24) is 10.2 Å². The van der Waals surface area contributed by atoms with Crippen molar-refractivity contribution in [3.63, 3.8) is 0 Å². The predicted octanol–water partition coefficient (Wildman–Crippen LogP) is 2.26. The van der Waals surface area contributed by atoms with Crippen LogP contribution in [0.1, 0.15) is 24.3 Å². The fraction of sp³-hybridized carbons (Fsp3) is 0.533. The zero-order chi connectivity index (χ0) is 13.4. The Morgan fingerprint density at radius 3 is 3.00 bits per heavy atom. The summed E-state index contributed by atoms with van der Waals surface area (Å²) in [6, 6.07) is 8.26. The van der Waals surface area contributed by atoms with Gasteiger partial charge >= 0.3 is 0 Å². The first kappa shape index (κ1) is 12.9. The molecule has 0 spiro atoms. The number of hydrogen-bond acceptors (Lipinski definition) is 2. The maximum atomic E-state index is 12.4. The molecular weight excluding hydrogens is 260 g/mol. The molecule has 1 N–H and O–H groups in total. The van der Waals surface area contributed by atoms with Crippen LogP contribution in [-0.4, -0.2) is 37.0 Å². The van der Waals surface area contributed by atoms with Gasteiger partial charge in [-0.1, -0.05) is 23.7 Å². The molecular formula is C15H19ClN2O. The Morgan fingerprint density at radius 1 is 1.47 bits per heavy atom. The van der Waals surface area contributed by atoms with Crippen molar-refractivity contribution in [2.45, 2.75) is 24.8 Å². The van der Waals surface area contributed by atoms with Crippen LogP contribution in [0.4, 0.5) is 0 Å². The summed E-state index contributed by atoms with van der Waals surface area (Å²) in [7, 11) is 1.94. The van der Waals surface area contributed by atoms with Crippen LogP contribution in [0.5, 0.6) is 0 Å². The minimum atomic E-state index is 0.157. The number of benzene rings is 1. The SMILES string of the molecule is CN(C(=O)C1CC1c1cccc(Cl)c1)C1CCNC1. The summed E-state index contributed by atoms with van der Waals surface area (Å²) in [6.45, 7) is 1.95. The summed E-state index contributed by atoms with van der Waals surface area (Å²) in [5.74, 6) is 0.811. The lowest BCUT2D eigenvalue weighted by atomic mass is 10.1. The van der Waals surface area contributed by atoms with Gasteiger partial charge in [-0.2, -0.15) is 0 Å². The lowest BCUT2D eigenvalue weighted by Gasteiger charge is -2.24. The van der Waals surface area contributed by atoms with Gasteiger partial charge < -0.3 is 10.2 Å². The van der Waals surface area contributed by atoms with Crippen LogP contribution >= 0.6 is 11.6 Å². The Balaban J connectivity index is 1.64. The van der Waals surface area contributed by atoms with Crippen LogP contribution in [0.25, 0.3) is 0 Å². The summed E-state index contributed by atoms with van der Waals surface area (Å²) in [6.07, 6.45) is 2.03. The molecule has 1 aliphatic heterocycles. The fourth-order valence-corrected chi connectivity index (χ4v) is 3.18. The Kier molecular flexibility index (Phi) is 3.50. The zero-order valence-electron chi connectivity index (χ0n) is 11.1. The topological polar surface area (TPSA) is 32.3 Å². The Morgan fingerprint density at radius 2 is 2.32 bits per heavy atom. The van der Waals surface area contributed by atoms with E-state index in [2.05, 4.69) is 11.4 Å². The largest absolute Gasteiger partial charge is 0.341 e. The third-order valence-electron chi connectivity index (χ3n) is 4.31. The zero-order valence-corrected chi connectivity index (χ0v) is 11.9. The summed E-state index contributed by atoms with van der Waals surface area (Å²) < 4.78 is 0. The molecule has 2 aliphatic rings. The van der Waals surface area contributed by atoms with E-state index in [-0.39, 0.29) is 5.92 Å². The molecule has 3 rings (SSSR count). The van der Waals surface area contributed by atoms with Gasteiger partial charge in [0.2, 0.25) is 5.91 Å². The van der Waals surface area contributed by atoms with Crippen molar-refractivity contribution in [3.05, 3.63) is 34.9 Å². The van der Waals surface area contributed by atoms with E-state index in [9.17, 15) is 4.79 Å². The molecule has 2 fully saturated rings. The minimum absolute atomic E-state index is 0.157. The quantitative estimate of drug-likeness (QED) is 0.920. The molecule has 4 heteroatoms. The highest BCUT2D eigenvalue weighted by Gasteiger charge is 2.46. The highest BCUT2D eigenvalue weighted by Crippen LogP contribution is 2.49. The first-order chi connectivity index (χ1) is 9.16. The molecule has 102 valence electrons. The number of carbonyl (C=O) groups excluding carboxylic acids is 1. The molecule has 3 nitrogen and oxygen atoms in total. The highest BCUT2D eigenvalue weighted by molar-refractivity contribution is 6.30. The van der Waals surface area contributed by atoms with E-state index in [1.165, 1.54) is 5.56 Å². The molecule has 1 saturated carbocycles. The van der Waals surface area contributed by atoms with Gasteiger partial charge in [0.25, 0.3) is 0 Å². The average molecular weight is 279 g/mol. The molecule has 19 heavy (non-hydrogen) atoms. The smallest absolute Gasteiger partial charge is 0.226 e. The van der Waals surface area contributed by atoms with Crippen molar-refractivity contribution >= 4 is 17.5 Å². The number of nitrogens with one attached hydrogen (secondary N) is 1. The summed E-state index contributed by atoms with van der Waals surface area (Å²) in [5, 5.41) is 4.06. The van der Waals surface area contributed by atoms with E-state index in [4.69, 9.17) is 11.6 Å². The number of amides is 1. The van der Waals surface area contributed by atoms with Crippen LogP contribution in [-0.2, 0) is 4.79 Å². The summed E-state index contributed by atoms with van der Waals surface area (Å²) in [4.78, 5) is 14.4. The van der Waals surface area contributed by atoms with Gasteiger partial charge in [-0.25, -0.2) is 0 Å². The Bertz CT molecular complexity index is 485. The van der Waals surface area contributed by atoms with Gasteiger partial charge in [0.05, 0.1) is 0 Å². The molecule has 0 aromatic heterocycles. The number of halogens is 1. The van der Waals surface area contributed by atoms with Gasteiger partial charge in [0, 0.05) is 30.6 Å². The molecule has 1 amide bonds. The summed E-state index contributed by atoms with van der Waals surface area (Å²) >= 11 is 6.01. The predicted molar refractivity (Wildman–Crippen MR) is 76.3 cm³/mol. The molecule has 0 bridgehead atoms. The molecule has 1 aliphatic carbocycles. The normalized spacial score (nSPS) is 29.3. The maximum Gasteiger partial charge on any atom is 0.226 e.